The van der Waals surface area contributed by atoms with Crippen molar-refractivity contribution in [2.45, 2.75) is 35.1 Å². The Morgan fingerprint density at radius 2 is 2.19 bits per heavy atom. The number of thiocarbonyl (C=S) groups is 1. The van der Waals surface area contributed by atoms with Crippen molar-refractivity contribution >= 4 is 52.3 Å². The molecule has 0 aliphatic carbocycles. The molecule has 2 aliphatic heterocycles. The molecule has 2 fully saturated rings. The Balaban J connectivity index is 2.28. The summed E-state index contributed by atoms with van der Waals surface area (Å²) in [7, 11) is 3.72. The van der Waals surface area contributed by atoms with Gasteiger partial charge in [-0.25, -0.2) is 4.79 Å². The van der Waals surface area contributed by atoms with Crippen LogP contribution in [0.2, 0.25) is 0 Å². The van der Waals surface area contributed by atoms with E-state index in [1.54, 1.807) is 6.92 Å². The highest BCUT2D eigenvalue weighted by atomic mass is 32.2. The number of aliphatic hydroxyl groups excluding tert-OH is 1. The van der Waals surface area contributed by atoms with Crippen LogP contribution in [0.1, 0.15) is 6.92 Å². The molecule has 6 atom stereocenters. The smallest absolute Gasteiger partial charge is 0.327 e. The van der Waals surface area contributed by atoms with E-state index in [2.05, 4.69) is 0 Å². The SMILES string of the molecule is C[C@@H](O)[C@H]1C(=O)N2C(C(=O)O)C(C(SC=S)N(C)C)SC12. The average Bonchev–Trinajstić information content (AvgIpc) is 2.70. The van der Waals surface area contributed by atoms with Crippen LogP contribution >= 0.6 is 35.7 Å². The highest BCUT2D eigenvalue weighted by Crippen LogP contribution is 2.51. The zero-order valence-electron chi connectivity index (χ0n) is 11.9. The second-order valence-electron chi connectivity index (χ2n) is 5.37. The minimum absolute atomic E-state index is 0.137. The Hall–Kier alpha value is -0.350. The van der Waals surface area contributed by atoms with Gasteiger partial charge in [0.2, 0.25) is 5.91 Å². The van der Waals surface area contributed by atoms with Gasteiger partial charge in [0.05, 0.1) is 28.0 Å². The fourth-order valence-corrected chi connectivity index (χ4v) is 6.19. The van der Waals surface area contributed by atoms with Crippen LogP contribution in [0.4, 0.5) is 0 Å². The minimum Gasteiger partial charge on any atom is -0.480 e. The molecular weight excluding hydrogens is 332 g/mol. The number of carboxylic acids is 1. The summed E-state index contributed by atoms with van der Waals surface area (Å²) in [5, 5.41) is 18.5. The highest BCUT2D eigenvalue weighted by molar-refractivity contribution is 8.21. The van der Waals surface area contributed by atoms with Gasteiger partial charge in [0.15, 0.2) is 0 Å². The standard InChI is InChI=1S/C12H18N2O4S3/c1-5(15)6-9(16)14-7(12(17)18)8(21-10(6)14)11(13(2)3)20-4-19/h4-8,10-11,15H,1-3H3,(H,17,18)/t5-,6+,7?,8?,10?,11?/m1/s1. The van der Waals surface area contributed by atoms with Gasteiger partial charge in [-0.1, -0.05) is 12.2 Å². The monoisotopic (exact) mass is 350 g/mol. The molecule has 0 saturated carbocycles. The van der Waals surface area contributed by atoms with Crippen molar-refractivity contribution in [2.75, 3.05) is 14.1 Å². The largest absolute Gasteiger partial charge is 0.480 e. The molecule has 2 rings (SSSR count). The third-order valence-electron chi connectivity index (χ3n) is 3.79. The number of nitrogens with zero attached hydrogens (tertiary/aromatic N) is 2. The number of aliphatic carboxylic acids is 1. The summed E-state index contributed by atoms with van der Waals surface area (Å²) in [6, 6.07) is -0.877. The van der Waals surface area contributed by atoms with Crippen molar-refractivity contribution in [3.8, 4) is 0 Å². The zero-order chi connectivity index (χ0) is 15.9. The maximum Gasteiger partial charge on any atom is 0.327 e. The topological polar surface area (TPSA) is 81.1 Å². The van der Waals surface area contributed by atoms with E-state index in [0.29, 0.717) is 0 Å². The van der Waals surface area contributed by atoms with Crippen LogP contribution in [-0.2, 0) is 9.59 Å². The first-order valence-corrected chi connectivity index (χ1v) is 8.81. The Bertz CT molecular complexity index is 460. The molecule has 0 radical (unpaired) electrons. The Labute approximate surface area is 137 Å². The van der Waals surface area contributed by atoms with Crippen molar-refractivity contribution in [3.63, 3.8) is 0 Å². The van der Waals surface area contributed by atoms with Crippen LogP contribution in [0.15, 0.2) is 0 Å². The van der Waals surface area contributed by atoms with Gasteiger partial charge in [-0.05, 0) is 21.0 Å². The summed E-state index contributed by atoms with van der Waals surface area (Å²) in [4.78, 5) is 27.1. The molecule has 0 aromatic rings. The predicted molar refractivity (Wildman–Crippen MR) is 87.3 cm³/mol. The third-order valence-corrected chi connectivity index (χ3v) is 7.03. The van der Waals surface area contributed by atoms with Gasteiger partial charge in [0.1, 0.15) is 6.04 Å². The molecule has 0 aromatic heterocycles. The number of hydrogen-bond acceptors (Lipinski definition) is 7. The van der Waals surface area contributed by atoms with Gasteiger partial charge < -0.3 is 15.1 Å². The first kappa shape index (κ1) is 17.0. The predicted octanol–water partition coefficient (Wildman–Crippen LogP) is 0.298. The van der Waals surface area contributed by atoms with Crippen molar-refractivity contribution < 1.29 is 19.8 Å². The van der Waals surface area contributed by atoms with E-state index in [1.807, 2.05) is 19.0 Å². The van der Waals surface area contributed by atoms with Gasteiger partial charge in [0.25, 0.3) is 0 Å². The second-order valence-corrected chi connectivity index (χ2v) is 8.20. The lowest BCUT2D eigenvalue weighted by atomic mass is 9.90. The van der Waals surface area contributed by atoms with Crippen LogP contribution in [0.5, 0.6) is 0 Å². The molecular formula is C12H18N2O4S3. The van der Waals surface area contributed by atoms with Crippen molar-refractivity contribution in [3.05, 3.63) is 0 Å². The number of carboxylic acid groups (broad SMARTS) is 1. The number of fused-ring (bicyclic) bond motifs is 1. The van der Waals surface area contributed by atoms with E-state index in [9.17, 15) is 19.8 Å². The number of aliphatic hydroxyl groups is 1. The molecule has 6 nitrogen and oxygen atoms in total. The van der Waals surface area contributed by atoms with Gasteiger partial charge >= 0.3 is 5.97 Å². The van der Waals surface area contributed by atoms with Crippen LogP contribution in [-0.4, -0.2) is 78.8 Å². The average molecular weight is 350 g/mol. The normalized spacial score (nSPS) is 34.3. The molecule has 2 aliphatic rings. The number of thioether (sulfide) groups is 2. The number of β-lactam (4-membered cyclic amide) rings is 1. The summed E-state index contributed by atoms with van der Waals surface area (Å²) in [5.41, 5.74) is 0. The van der Waals surface area contributed by atoms with Crippen LogP contribution in [0.25, 0.3) is 0 Å². The lowest BCUT2D eigenvalue weighted by Crippen LogP contribution is -2.65. The van der Waals surface area contributed by atoms with E-state index in [-0.39, 0.29) is 21.9 Å². The maximum atomic E-state index is 12.1. The molecule has 2 heterocycles. The fourth-order valence-electron chi connectivity index (χ4n) is 2.83. The molecule has 0 aromatic carbocycles. The highest BCUT2D eigenvalue weighted by Gasteiger charge is 2.63. The Morgan fingerprint density at radius 3 is 2.62 bits per heavy atom. The molecule has 2 saturated heterocycles. The molecule has 2 N–H and O–H groups in total. The number of hydrogen-bond donors (Lipinski definition) is 2. The van der Waals surface area contributed by atoms with E-state index >= 15 is 0 Å². The first-order chi connectivity index (χ1) is 9.81. The van der Waals surface area contributed by atoms with Gasteiger partial charge in [-0.15, -0.1) is 23.5 Å². The first-order valence-electron chi connectivity index (χ1n) is 6.45. The lowest BCUT2D eigenvalue weighted by molar-refractivity contribution is -0.167. The quantitative estimate of drug-likeness (QED) is 0.402. The minimum atomic E-state index is -1.01. The molecule has 118 valence electrons. The Morgan fingerprint density at radius 1 is 1.57 bits per heavy atom. The van der Waals surface area contributed by atoms with E-state index in [0.717, 1.165) is 0 Å². The van der Waals surface area contributed by atoms with Crippen molar-refractivity contribution in [2.24, 2.45) is 5.92 Å². The summed E-state index contributed by atoms with van der Waals surface area (Å²) >= 11 is 7.71. The second kappa shape index (κ2) is 6.41. The van der Waals surface area contributed by atoms with Crippen LogP contribution in [0, 0.1) is 5.92 Å². The number of rotatable bonds is 6. The van der Waals surface area contributed by atoms with E-state index in [1.165, 1.54) is 33.1 Å². The molecule has 4 unspecified atom stereocenters. The summed E-state index contributed by atoms with van der Waals surface area (Å²) in [6.45, 7) is 1.57. The molecule has 9 heteroatoms. The van der Waals surface area contributed by atoms with E-state index < -0.39 is 24.0 Å². The number of amides is 1. The molecule has 0 bridgehead atoms. The molecule has 1 amide bonds. The summed E-state index contributed by atoms with van der Waals surface area (Å²) in [6.07, 6.45) is -0.768. The van der Waals surface area contributed by atoms with Gasteiger partial charge in [0, 0.05) is 4.70 Å². The molecule has 0 spiro atoms. The summed E-state index contributed by atoms with van der Waals surface area (Å²) < 4.78 is 1.52. The number of carbonyl (C=O) groups excluding carboxylic acids is 1. The zero-order valence-corrected chi connectivity index (χ0v) is 14.3. The van der Waals surface area contributed by atoms with Crippen LogP contribution in [0.3, 0.4) is 0 Å². The maximum absolute atomic E-state index is 12.1. The van der Waals surface area contributed by atoms with E-state index in [4.69, 9.17) is 12.2 Å². The number of carbonyl (C=O) groups is 2. The lowest BCUT2D eigenvalue weighted by Gasteiger charge is -2.44. The molecule has 21 heavy (non-hydrogen) atoms. The van der Waals surface area contributed by atoms with Crippen LogP contribution < -0.4 is 0 Å². The fraction of sp³-hybridized carbons (Fsp3) is 0.750. The van der Waals surface area contributed by atoms with Gasteiger partial charge in [-0.2, -0.15) is 0 Å². The Kier molecular flexibility index (Phi) is 5.19. The summed E-state index contributed by atoms with van der Waals surface area (Å²) in [5.74, 6) is -1.80. The van der Waals surface area contributed by atoms with Gasteiger partial charge in [-0.3, -0.25) is 9.69 Å². The van der Waals surface area contributed by atoms with Crippen molar-refractivity contribution in [1.82, 2.24) is 9.80 Å². The third kappa shape index (κ3) is 2.81. The van der Waals surface area contributed by atoms with Crippen molar-refractivity contribution in [1.29, 1.82) is 0 Å².